The molecule has 2 aliphatic heterocycles. The second-order valence-electron chi connectivity index (χ2n) is 7.19. The van der Waals surface area contributed by atoms with Crippen molar-refractivity contribution in [2.75, 3.05) is 57.2 Å². The van der Waals surface area contributed by atoms with Gasteiger partial charge in [0, 0.05) is 50.3 Å². The summed E-state index contributed by atoms with van der Waals surface area (Å²) in [5.41, 5.74) is 3.44. The molecule has 0 radical (unpaired) electrons. The van der Waals surface area contributed by atoms with Gasteiger partial charge in [0.2, 0.25) is 0 Å². The van der Waals surface area contributed by atoms with E-state index in [0.717, 1.165) is 43.1 Å². The minimum atomic E-state index is 0.417. The number of aldehydes is 1. The van der Waals surface area contributed by atoms with Gasteiger partial charge < -0.3 is 24.8 Å². The minimum Gasteiger partial charge on any atom is -0.489 e. The first-order chi connectivity index (χ1) is 13.6. The van der Waals surface area contributed by atoms with Crippen LogP contribution in [-0.2, 0) is 4.79 Å². The first-order valence-corrected chi connectivity index (χ1v) is 9.52. The average molecular weight is 383 g/mol. The van der Waals surface area contributed by atoms with Crippen molar-refractivity contribution in [1.29, 1.82) is 0 Å². The number of hydrogen-bond donors (Lipinski definition) is 1. The predicted molar refractivity (Wildman–Crippen MR) is 114 cm³/mol. The third kappa shape index (κ3) is 4.20. The molecule has 0 aromatic heterocycles. The number of hydrogen-bond acceptors (Lipinski definition) is 7. The van der Waals surface area contributed by atoms with Gasteiger partial charge in [0.1, 0.15) is 12.4 Å². The van der Waals surface area contributed by atoms with Crippen LogP contribution in [0, 0.1) is 0 Å². The maximum absolute atomic E-state index is 11.3. The van der Waals surface area contributed by atoms with Crippen LogP contribution in [-0.4, -0.2) is 75.9 Å². The summed E-state index contributed by atoms with van der Waals surface area (Å²) in [6.07, 6.45) is 4.15. The number of carbonyl (C=O) groups excluding carboxylic acids is 1. The summed E-state index contributed by atoms with van der Waals surface area (Å²) in [5, 5.41) is 3.40. The Morgan fingerprint density at radius 3 is 3.00 bits per heavy atom. The van der Waals surface area contributed by atoms with Crippen molar-refractivity contribution >= 4 is 24.4 Å². The van der Waals surface area contributed by atoms with Gasteiger partial charge in [-0.15, -0.1) is 0 Å². The molecule has 1 unspecified atom stereocenters. The lowest BCUT2D eigenvalue weighted by molar-refractivity contribution is -0.104. The highest BCUT2D eigenvalue weighted by atomic mass is 16.5. The van der Waals surface area contributed by atoms with Crippen LogP contribution in [0.15, 0.2) is 46.7 Å². The summed E-state index contributed by atoms with van der Waals surface area (Å²) in [6, 6.07) is 6.67. The van der Waals surface area contributed by atoms with Crippen LogP contribution in [0.3, 0.4) is 0 Å². The van der Waals surface area contributed by atoms with Gasteiger partial charge in [-0.2, -0.15) is 0 Å². The second kappa shape index (κ2) is 8.93. The summed E-state index contributed by atoms with van der Waals surface area (Å²) < 4.78 is 6.04. The van der Waals surface area contributed by atoms with Crippen molar-refractivity contribution in [2.45, 2.75) is 13.0 Å². The predicted octanol–water partition coefficient (Wildman–Crippen LogP) is 2.19. The Balaban J connectivity index is 1.67. The van der Waals surface area contributed by atoms with Gasteiger partial charge in [-0.05, 0) is 32.8 Å². The third-order valence-corrected chi connectivity index (χ3v) is 5.24. The number of nitrogens with zero attached hydrogens (tertiary/aromatic N) is 4. The van der Waals surface area contributed by atoms with E-state index >= 15 is 0 Å². The quantitative estimate of drug-likeness (QED) is 0.256. The van der Waals surface area contributed by atoms with Crippen molar-refractivity contribution < 1.29 is 9.53 Å². The largest absolute Gasteiger partial charge is 0.489 e. The molecule has 0 spiro atoms. The van der Waals surface area contributed by atoms with Crippen molar-refractivity contribution in [3.05, 3.63) is 41.7 Å². The van der Waals surface area contributed by atoms with E-state index in [1.165, 1.54) is 11.9 Å². The number of likely N-dealkylation sites (N-methyl/N-ethyl adjacent to an activating group) is 2. The van der Waals surface area contributed by atoms with E-state index < -0.39 is 0 Å². The molecule has 3 rings (SSSR count). The van der Waals surface area contributed by atoms with Crippen LogP contribution in [0.1, 0.15) is 6.92 Å². The third-order valence-electron chi connectivity index (χ3n) is 5.24. The molecule has 1 aromatic rings. The fourth-order valence-corrected chi connectivity index (χ4v) is 3.79. The molecule has 0 saturated carbocycles. The van der Waals surface area contributed by atoms with E-state index in [9.17, 15) is 4.79 Å². The number of anilines is 2. The number of aliphatic imine (C=N–C) groups is 1. The van der Waals surface area contributed by atoms with E-state index in [-0.39, 0.29) is 0 Å². The zero-order chi connectivity index (χ0) is 20.1. The lowest BCUT2D eigenvalue weighted by Crippen LogP contribution is -2.56. The van der Waals surface area contributed by atoms with Crippen LogP contribution in [0.2, 0.25) is 0 Å². The van der Waals surface area contributed by atoms with Crippen LogP contribution < -0.4 is 15.0 Å². The summed E-state index contributed by atoms with van der Waals surface area (Å²) >= 11 is 0. The molecular formula is C21H29N5O2. The molecule has 1 N–H and O–H groups in total. The average Bonchev–Trinajstić information content (AvgIpc) is 2.71. The lowest BCUT2D eigenvalue weighted by atomic mass is 10.1. The number of carbonyl (C=O) groups is 1. The Hall–Kier alpha value is -2.80. The van der Waals surface area contributed by atoms with Gasteiger partial charge in [0.05, 0.1) is 24.0 Å². The molecular weight excluding hydrogens is 354 g/mol. The van der Waals surface area contributed by atoms with Crippen LogP contribution in [0.5, 0.6) is 5.75 Å². The Bertz CT molecular complexity index is 789. The summed E-state index contributed by atoms with van der Waals surface area (Å²) in [5.74, 6) is 0.920. The smallest absolute Gasteiger partial charge is 0.153 e. The van der Waals surface area contributed by atoms with Gasteiger partial charge in [-0.3, -0.25) is 9.79 Å². The molecule has 0 aliphatic carbocycles. The molecule has 0 amide bonds. The van der Waals surface area contributed by atoms with E-state index in [4.69, 9.17) is 4.74 Å². The summed E-state index contributed by atoms with van der Waals surface area (Å²) in [6.45, 7) is 9.69. The molecule has 1 saturated heterocycles. The zero-order valence-corrected chi connectivity index (χ0v) is 16.9. The van der Waals surface area contributed by atoms with Gasteiger partial charge in [0.15, 0.2) is 6.29 Å². The number of rotatable bonds is 7. The Morgan fingerprint density at radius 1 is 1.46 bits per heavy atom. The molecule has 7 nitrogen and oxygen atoms in total. The minimum absolute atomic E-state index is 0.417. The topological polar surface area (TPSA) is 60.4 Å². The SMILES string of the molecule is C=N/C=C(C=O)\C(=C/C)N(C)CNc1ccc2c(c1)OCC1CN(C)CCN21. The molecule has 1 aromatic carbocycles. The maximum Gasteiger partial charge on any atom is 0.153 e. The number of nitrogens with one attached hydrogen (secondary N) is 1. The van der Waals surface area contributed by atoms with Gasteiger partial charge in [-0.25, -0.2) is 0 Å². The second-order valence-corrected chi connectivity index (χ2v) is 7.19. The fraction of sp³-hybridized carbons (Fsp3) is 0.429. The van der Waals surface area contributed by atoms with Crippen molar-refractivity contribution in [1.82, 2.24) is 9.80 Å². The first-order valence-electron chi connectivity index (χ1n) is 9.52. The Labute approximate surface area is 167 Å². The normalized spacial score (nSPS) is 20.0. The van der Waals surface area contributed by atoms with Crippen LogP contribution in [0.25, 0.3) is 0 Å². The molecule has 28 heavy (non-hydrogen) atoms. The van der Waals surface area contributed by atoms with E-state index in [0.29, 0.717) is 24.9 Å². The Kier molecular flexibility index (Phi) is 6.36. The Morgan fingerprint density at radius 2 is 2.29 bits per heavy atom. The summed E-state index contributed by atoms with van der Waals surface area (Å²) in [7, 11) is 4.08. The van der Waals surface area contributed by atoms with Crippen molar-refractivity contribution in [3.63, 3.8) is 0 Å². The van der Waals surface area contributed by atoms with E-state index in [1.54, 1.807) is 0 Å². The van der Waals surface area contributed by atoms with Crippen molar-refractivity contribution in [2.24, 2.45) is 4.99 Å². The lowest BCUT2D eigenvalue weighted by Gasteiger charge is -2.44. The van der Waals surface area contributed by atoms with E-state index in [2.05, 4.69) is 52.1 Å². The van der Waals surface area contributed by atoms with Gasteiger partial charge in [0.25, 0.3) is 0 Å². The maximum atomic E-state index is 11.3. The number of piperazine rings is 1. The number of ether oxygens (including phenoxy) is 1. The first kappa shape index (κ1) is 19.9. The fourth-order valence-electron chi connectivity index (χ4n) is 3.79. The van der Waals surface area contributed by atoms with Crippen LogP contribution in [0.4, 0.5) is 11.4 Å². The van der Waals surface area contributed by atoms with E-state index in [1.807, 2.05) is 24.9 Å². The molecule has 1 fully saturated rings. The summed E-state index contributed by atoms with van der Waals surface area (Å²) in [4.78, 5) is 21.8. The van der Waals surface area contributed by atoms with Crippen LogP contribution >= 0.6 is 0 Å². The molecule has 150 valence electrons. The van der Waals surface area contributed by atoms with Crippen molar-refractivity contribution in [3.8, 4) is 5.75 Å². The van der Waals surface area contributed by atoms with Gasteiger partial charge in [-0.1, -0.05) is 6.08 Å². The highest BCUT2D eigenvalue weighted by molar-refractivity contribution is 5.79. The highest BCUT2D eigenvalue weighted by Gasteiger charge is 2.31. The number of benzene rings is 1. The molecule has 1 atom stereocenters. The number of allylic oxidation sites excluding steroid dienone is 2. The molecule has 0 bridgehead atoms. The standard InChI is InChI=1S/C21H29N5O2/c1-5-19(16(13-27)11-22-2)25(4)15-23-17-6-7-20-21(10-17)28-14-18-12-24(3)8-9-26(18)20/h5-7,10-11,13,18,23H,2,8-9,12,14-15H2,1,3-4H3/b16-11-,19-5+. The van der Waals surface area contributed by atoms with Gasteiger partial charge >= 0.3 is 0 Å². The molecule has 2 aliphatic rings. The monoisotopic (exact) mass is 383 g/mol. The number of fused-ring (bicyclic) bond motifs is 3. The highest BCUT2D eigenvalue weighted by Crippen LogP contribution is 2.37. The zero-order valence-electron chi connectivity index (χ0n) is 16.9. The molecule has 2 heterocycles. The molecule has 7 heteroatoms.